The van der Waals surface area contributed by atoms with E-state index >= 15 is 0 Å². The molecule has 0 aliphatic rings. The summed E-state index contributed by atoms with van der Waals surface area (Å²) in [7, 11) is -0.917. The monoisotopic (exact) mass is 324 g/mol. The second-order valence-corrected chi connectivity index (χ2v) is 6.40. The molecular weight excluding hydrogens is 295 g/mol. The maximum Gasteiger partial charge on any atom is 0.560 e. The van der Waals surface area contributed by atoms with Crippen molar-refractivity contribution in [1.82, 2.24) is 0 Å². The molecular formula is C21H29BO2. The maximum atomic E-state index is 10.1. The summed E-state index contributed by atoms with van der Waals surface area (Å²) in [5.41, 5.74) is 2.11. The van der Waals surface area contributed by atoms with Gasteiger partial charge in [0.05, 0.1) is 0 Å². The summed E-state index contributed by atoms with van der Waals surface area (Å²) in [5, 5.41) is 10.1. The molecule has 0 saturated carbocycles. The van der Waals surface area contributed by atoms with Gasteiger partial charge >= 0.3 is 7.12 Å². The third kappa shape index (κ3) is 6.80. The zero-order chi connectivity index (χ0) is 17.0. The number of hydrogen-bond acceptors (Lipinski definition) is 2. The summed E-state index contributed by atoms with van der Waals surface area (Å²) >= 11 is 0. The third-order valence-corrected chi connectivity index (χ3v) is 4.32. The lowest BCUT2D eigenvalue weighted by Crippen LogP contribution is -2.36. The van der Waals surface area contributed by atoms with E-state index in [1.54, 1.807) is 0 Å². The fourth-order valence-corrected chi connectivity index (χ4v) is 2.84. The van der Waals surface area contributed by atoms with Crippen LogP contribution in [-0.2, 0) is 6.42 Å². The molecule has 2 rings (SSSR count). The van der Waals surface area contributed by atoms with Gasteiger partial charge in [-0.2, -0.15) is 0 Å². The van der Waals surface area contributed by atoms with E-state index in [2.05, 4.69) is 19.1 Å². The van der Waals surface area contributed by atoms with Crippen molar-refractivity contribution in [2.24, 2.45) is 0 Å². The molecule has 2 nitrogen and oxygen atoms in total. The average Bonchev–Trinajstić information content (AvgIpc) is 2.63. The van der Waals surface area contributed by atoms with Crippen LogP contribution in [0.1, 0.15) is 57.4 Å². The first-order valence-corrected chi connectivity index (χ1v) is 9.28. The summed E-state index contributed by atoms with van der Waals surface area (Å²) in [6, 6.07) is 17.5. The van der Waals surface area contributed by atoms with Crippen LogP contribution in [0.5, 0.6) is 5.75 Å². The zero-order valence-corrected chi connectivity index (χ0v) is 14.8. The van der Waals surface area contributed by atoms with Crippen LogP contribution in [-0.4, -0.2) is 12.1 Å². The number of unbranched alkanes of at least 4 members (excludes halogenated alkanes) is 6. The molecule has 0 fully saturated rings. The molecule has 0 bridgehead atoms. The van der Waals surface area contributed by atoms with Gasteiger partial charge < -0.3 is 9.68 Å². The largest absolute Gasteiger partial charge is 0.560 e. The van der Waals surface area contributed by atoms with Gasteiger partial charge in [0.1, 0.15) is 5.75 Å². The van der Waals surface area contributed by atoms with Crippen LogP contribution in [0.15, 0.2) is 54.6 Å². The molecule has 0 spiro atoms. The van der Waals surface area contributed by atoms with Crippen molar-refractivity contribution < 1.29 is 9.68 Å². The molecule has 3 heteroatoms. The van der Waals surface area contributed by atoms with Gasteiger partial charge in [-0.05, 0) is 36.0 Å². The highest BCUT2D eigenvalue weighted by molar-refractivity contribution is 6.60. The lowest BCUT2D eigenvalue weighted by Gasteiger charge is -2.10. The van der Waals surface area contributed by atoms with Crippen molar-refractivity contribution >= 4 is 12.6 Å². The van der Waals surface area contributed by atoms with E-state index in [1.807, 2.05) is 42.5 Å². The molecule has 0 radical (unpaired) electrons. The molecule has 0 amide bonds. The first-order chi connectivity index (χ1) is 11.8. The molecule has 0 atom stereocenters. The summed E-state index contributed by atoms with van der Waals surface area (Å²) in [5.74, 6) is 0.703. The minimum atomic E-state index is -0.917. The second-order valence-electron chi connectivity index (χ2n) is 6.40. The second kappa shape index (κ2) is 10.9. The quantitative estimate of drug-likeness (QED) is 0.477. The van der Waals surface area contributed by atoms with Gasteiger partial charge in [-0.3, -0.25) is 0 Å². The van der Waals surface area contributed by atoms with Gasteiger partial charge in [0.15, 0.2) is 0 Å². The smallest absolute Gasteiger partial charge is 0.532 e. The van der Waals surface area contributed by atoms with Crippen LogP contribution in [0.2, 0.25) is 0 Å². The van der Waals surface area contributed by atoms with Crippen molar-refractivity contribution in [1.29, 1.82) is 0 Å². The maximum absolute atomic E-state index is 10.1. The number of rotatable bonds is 11. The van der Waals surface area contributed by atoms with Crippen LogP contribution in [0, 0.1) is 0 Å². The lowest BCUT2D eigenvalue weighted by molar-refractivity contribution is 0.432. The highest BCUT2D eigenvalue weighted by Gasteiger charge is 2.17. The molecule has 0 saturated heterocycles. The van der Waals surface area contributed by atoms with Gasteiger partial charge in [0.2, 0.25) is 0 Å². The average molecular weight is 324 g/mol. The van der Waals surface area contributed by atoms with E-state index in [4.69, 9.17) is 4.65 Å². The van der Waals surface area contributed by atoms with Gasteiger partial charge in [0.25, 0.3) is 0 Å². The van der Waals surface area contributed by atoms with Gasteiger partial charge in [0, 0.05) is 0 Å². The van der Waals surface area contributed by atoms with Crippen molar-refractivity contribution in [2.45, 2.75) is 58.3 Å². The van der Waals surface area contributed by atoms with Crippen molar-refractivity contribution in [3.63, 3.8) is 0 Å². The Labute approximate surface area is 147 Å². The van der Waals surface area contributed by atoms with E-state index in [-0.39, 0.29) is 0 Å². The molecule has 0 heterocycles. The summed E-state index contributed by atoms with van der Waals surface area (Å²) in [4.78, 5) is 0. The van der Waals surface area contributed by atoms with Crippen LogP contribution in [0.25, 0.3) is 0 Å². The van der Waals surface area contributed by atoms with E-state index < -0.39 is 7.12 Å². The highest BCUT2D eigenvalue weighted by Crippen LogP contribution is 2.15. The minimum absolute atomic E-state index is 0.703. The molecule has 24 heavy (non-hydrogen) atoms. The molecule has 0 aliphatic carbocycles. The van der Waals surface area contributed by atoms with Crippen molar-refractivity contribution in [3.05, 3.63) is 60.2 Å². The Kier molecular flexibility index (Phi) is 8.47. The standard InChI is InChI=1S/C21H29BO2/c1-2-3-4-5-6-7-9-12-19-15-17-21(18-16-19)24-22(23)20-13-10-8-11-14-20/h8,10-11,13-18,23H,2-7,9,12H2,1H3. The van der Waals surface area contributed by atoms with Crippen LogP contribution in [0.3, 0.4) is 0 Å². The Morgan fingerprint density at radius 1 is 0.792 bits per heavy atom. The first kappa shape index (κ1) is 18.6. The Morgan fingerprint density at radius 3 is 2.08 bits per heavy atom. The number of hydrogen-bond donors (Lipinski definition) is 1. The zero-order valence-electron chi connectivity index (χ0n) is 14.8. The minimum Gasteiger partial charge on any atom is -0.532 e. The van der Waals surface area contributed by atoms with E-state index in [1.165, 1.54) is 50.5 Å². The predicted molar refractivity (Wildman–Crippen MR) is 103 cm³/mol. The number of benzene rings is 2. The molecule has 2 aromatic carbocycles. The SMILES string of the molecule is CCCCCCCCCc1ccc(OB(O)c2ccccc2)cc1. The third-order valence-electron chi connectivity index (χ3n) is 4.32. The Balaban J connectivity index is 1.69. The van der Waals surface area contributed by atoms with E-state index in [0.29, 0.717) is 5.75 Å². The molecule has 128 valence electrons. The van der Waals surface area contributed by atoms with Crippen LogP contribution in [0.4, 0.5) is 0 Å². The lowest BCUT2D eigenvalue weighted by atomic mass is 9.79. The number of aryl methyl sites for hydroxylation is 1. The fourth-order valence-electron chi connectivity index (χ4n) is 2.84. The summed E-state index contributed by atoms with van der Waals surface area (Å²) in [6.45, 7) is 2.26. The van der Waals surface area contributed by atoms with Crippen LogP contribution >= 0.6 is 0 Å². The highest BCUT2D eigenvalue weighted by atomic mass is 16.5. The first-order valence-electron chi connectivity index (χ1n) is 9.28. The summed E-state index contributed by atoms with van der Waals surface area (Å²) < 4.78 is 5.59. The van der Waals surface area contributed by atoms with Gasteiger partial charge in [-0.1, -0.05) is 87.9 Å². The van der Waals surface area contributed by atoms with Gasteiger partial charge in [-0.15, -0.1) is 0 Å². The molecule has 1 N–H and O–H groups in total. The van der Waals surface area contributed by atoms with Crippen molar-refractivity contribution in [3.8, 4) is 5.75 Å². The summed E-state index contributed by atoms with van der Waals surface area (Å²) in [6.07, 6.45) is 10.5. The van der Waals surface area contributed by atoms with Crippen molar-refractivity contribution in [2.75, 3.05) is 0 Å². The molecule has 0 aromatic heterocycles. The Bertz CT molecular complexity index is 554. The molecule has 0 aliphatic heterocycles. The Morgan fingerprint density at radius 2 is 1.42 bits per heavy atom. The van der Waals surface area contributed by atoms with E-state index in [9.17, 15) is 5.02 Å². The molecule has 0 unspecified atom stereocenters. The topological polar surface area (TPSA) is 29.5 Å². The predicted octanol–water partition coefficient (Wildman–Crippen LogP) is 4.75. The van der Waals surface area contributed by atoms with Gasteiger partial charge in [-0.25, -0.2) is 0 Å². The molecule has 2 aromatic rings. The normalized spacial score (nSPS) is 10.6. The fraction of sp³-hybridized carbons (Fsp3) is 0.429. The van der Waals surface area contributed by atoms with Crippen LogP contribution < -0.4 is 10.1 Å². The van der Waals surface area contributed by atoms with E-state index in [0.717, 1.165) is 11.9 Å². The Hall–Kier alpha value is -1.74.